The van der Waals surface area contributed by atoms with Crippen LogP contribution in [0.1, 0.15) is 29.0 Å². The van der Waals surface area contributed by atoms with Gasteiger partial charge in [0.25, 0.3) is 0 Å². The van der Waals surface area contributed by atoms with Crippen LogP contribution in [0.4, 0.5) is 0 Å². The molecule has 4 rings (SSSR count). The molecule has 21 heavy (non-hydrogen) atoms. The lowest BCUT2D eigenvalue weighted by atomic mass is 10.1. The molecule has 2 saturated heterocycles. The van der Waals surface area contributed by atoms with Gasteiger partial charge in [0.05, 0.1) is 6.61 Å². The molecule has 2 fully saturated rings. The summed E-state index contributed by atoms with van der Waals surface area (Å²) in [5, 5.41) is 0.980. The lowest BCUT2D eigenvalue weighted by Crippen LogP contribution is -2.49. The standard InChI is InChI=1S/C17H19NO3/c1-11-4-2-5-12-8-14(21-17(11)12)16(19)15-9-18-7-3-6-13(18)10-20-15/h2,4-5,8,13,15H,3,6-7,9-10H2,1H3. The number of carbonyl (C=O) groups excluding carboxylic acids is 1. The lowest BCUT2D eigenvalue weighted by Gasteiger charge is -2.33. The highest BCUT2D eigenvalue weighted by Crippen LogP contribution is 2.27. The monoisotopic (exact) mass is 285 g/mol. The number of hydrogen-bond acceptors (Lipinski definition) is 4. The van der Waals surface area contributed by atoms with Crippen LogP contribution in [-0.2, 0) is 4.74 Å². The molecule has 2 unspecified atom stereocenters. The number of aryl methyl sites for hydroxylation is 1. The van der Waals surface area contributed by atoms with Gasteiger partial charge in [-0.2, -0.15) is 0 Å². The first-order valence-electron chi connectivity index (χ1n) is 7.61. The molecule has 1 aromatic carbocycles. The molecule has 0 aliphatic carbocycles. The van der Waals surface area contributed by atoms with Crippen molar-refractivity contribution in [3.8, 4) is 0 Å². The third-order valence-electron chi connectivity index (χ3n) is 4.67. The zero-order valence-electron chi connectivity index (χ0n) is 12.2. The average molecular weight is 285 g/mol. The normalized spacial score (nSPS) is 26.1. The van der Waals surface area contributed by atoms with Crippen molar-refractivity contribution in [3.63, 3.8) is 0 Å². The second-order valence-corrected chi connectivity index (χ2v) is 6.08. The first-order valence-corrected chi connectivity index (χ1v) is 7.61. The van der Waals surface area contributed by atoms with E-state index in [9.17, 15) is 4.79 Å². The first kappa shape index (κ1) is 13.0. The van der Waals surface area contributed by atoms with E-state index in [2.05, 4.69) is 4.90 Å². The molecule has 2 atom stereocenters. The number of nitrogens with zero attached hydrogens (tertiary/aromatic N) is 1. The number of hydrogen-bond donors (Lipinski definition) is 0. The number of para-hydroxylation sites is 1. The topological polar surface area (TPSA) is 42.7 Å². The predicted molar refractivity (Wildman–Crippen MR) is 79.6 cm³/mol. The Kier molecular flexibility index (Phi) is 3.08. The van der Waals surface area contributed by atoms with Crippen molar-refractivity contribution in [1.82, 2.24) is 4.90 Å². The number of Topliss-reactive ketones (excluding diaryl/α,β-unsaturated/α-hetero) is 1. The van der Waals surface area contributed by atoms with Crippen LogP contribution in [0.5, 0.6) is 0 Å². The molecule has 2 aliphatic heterocycles. The van der Waals surface area contributed by atoms with E-state index < -0.39 is 0 Å². The Balaban J connectivity index is 1.59. The van der Waals surface area contributed by atoms with Crippen LogP contribution in [0.2, 0.25) is 0 Å². The van der Waals surface area contributed by atoms with E-state index in [1.165, 1.54) is 12.8 Å². The van der Waals surface area contributed by atoms with Gasteiger partial charge in [-0.05, 0) is 37.9 Å². The Labute approximate surface area is 123 Å². The summed E-state index contributed by atoms with van der Waals surface area (Å²) in [5.41, 5.74) is 1.85. The maximum absolute atomic E-state index is 12.6. The Hall–Kier alpha value is -1.65. The van der Waals surface area contributed by atoms with E-state index in [1.54, 1.807) is 0 Å². The van der Waals surface area contributed by atoms with E-state index in [0.717, 1.165) is 23.1 Å². The van der Waals surface area contributed by atoms with Crippen LogP contribution in [0.15, 0.2) is 28.7 Å². The summed E-state index contributed by atoms with van der Waals surface area (Å²) in [6, 6.07) is 8.29. The van der Waals surface area contributed by atoms with Gasteiger partial charge in [0.2, 0.25) is 5.78 Å². The number of rotatable bonds is 2. The third-order valence-corrected chi connectivity index (χ3v) is 4.67. The fourth-order valence-corrected chi connectivity index (χ4v) is 3.46. The fourth-order valence-electron chi connectivity index (χ4n) is 3.46. The Morgan fingerprint density at radius 2 is 2.29 bits per heavy atom. The highest BCUT2D eigenvalue weighted by molar-refractivity contribution is 6.01. The number of furan rings is 1. The number of morpholine rings is 1. The van der Waals surface area contributed by atoms with Gasteiger partial charge in [-0.1, -0.05) is 18.2 Å². The summed E-state index contributed by atoms with van der Waals surface area (Å²) in [5.74, 6) is 0.387. The van der Waals surface area contributed by atoms with Crippen LogP contribution in [0.25, 0.3) is 11.0 Å². The van der Waals surface area contributed by atoms with Crippen molar-refractivity contribution in [1.29, 1.82) is 0 Å². The predicted octanol–water partition coefficient (Wildman–Crippen LogP) is 2.79. The molecule has 0 saturated carbocycles. The molecule has 0 amide bonds. The molecule has 1 aromatic heterocycles. The van der Waals surface area contributed by atoms with E-state index in [1.807, 2.05) is 31.2 Å². The van der Waals surface area contributed by atoms with Crippen molar-refractivity contribution in [2.45, 2.75) is 31.9 Å². The number of carbonyl (C=O) groups is 1. The average Bonchev–Trinajstić information content (AvgIpc) is 3.12. The molecule has 2 aliphatic rings. The summed E-state index contributed by atoms with van der Waals surface area (Å²) in [6.07, 6.45) is 2.00. The number of ketones is 1. The Morgan fingerprint density at radius 3 is 3.14 bits per heavy atom. The fraction of sp³-hybridized carbons (Fsp3) is 0.471. The summed E-state index contributed by atoms with van der Waals surface area (Å²) < 4.78 is 11.6. The summed E-state index contributed by atoms with van der Waals surface area (Å²) in [6.45, 7) is 4.43. The Bertz CT molecular complexity index is 690. The Morgan fingerprint density at radius 1 is 1.38 bits per heavy atom. The van der Waals surface area contributed by atoms with Gasteiger partial charge >= 0.3 is 0 Å². The number of fused-ring (bicyclic) bond motifs is 2. The molecule has 0 spiro atoms. The minimum Gasteiger partial charge on any atom is -0.453 e. The smallest absolute Gasteiger partial charge is 0.227 e. The van der Waals surface area contributed by atoms with Crippen LogP contribution in [0, 0.1) is 6.92 Å². The minimum absolute atomic E-state index is 0.0315. The lowest BCUT2D eigenvalue weighted by molar-refractivity contribution is -0.0354. The zero-order valence-corrected chi connectivity index (χ0v) is 12.2. The zero-order chi connectivity index (χ0) is 14.4. The third kappa shape index (κ3) is 2.19. The molecular weight excluding hydrogens is 266 g/mol. The molecular formula is C17H19NO3. The largest absolute Gasteiger partial charge is 0.453 e. The SMILES string of the molecule is Cc1cccc2cc(C(=O)C3CN4CCCC4CO3)oc12. The second kappa shape index (κ2) is 4.97. The van der Waals surface area contributed by atoms with Crippen molar-refractivity contribution < 1.29 is 13.9 Å². The van der Waals surface area contributed by atoms with Crippen LogP contribution < -0.4 is 0 Å². The van der Waals surface area contributed by atoms with Gasteiger partial charge in [0, 0.05) is 18.0 Å². The van der Waals surface area contributed by atoms with E-state index in [-0.39, 0.29) is 11.9 Å². The van der Waals surface area contributed by atoms with Gasteiger partial charge in [-0.3, -0.25) is 9.69 Å². The molecule has 0 bridgehead atoms. The molecule has 4 heteroatoms. The maximum Gasteiger partial charge on any atom is 0.227 e. The highest BCUT2D eigenvalue weighted by Gasteiger charge is 2.36. The van der Waals surface area contributed by atoms with E-state index in [0.29, 0.717) is 25.0 Å². The number of benzene rings is 1. The van der Waals surface area contributed by atoms with Crippen molar-refractivity contribution in [2.75, 3.05) is 19.7 Å². The molecule has 0 N–H and O–H groups in total. The highest BCUT2D eigenvalue weighted by atomic mass is 16.5. The quantitative estimate of drug-likeness (QED) is 0.796. The van der Waals surface area contributed by atoms with Crippen LogP contribution >= 0.6 is 0 Å². The van der Waals surface area contributed by atoms with Crippen LogP contribution in [-0.4, -0.2) is 42.5 Å². The summed E-state index contributed by atoms with van der Waals surface area (Å²) >= 11 is 0. The second-order valence-electron chi connectivity index (χ2n) is 6.08. The maximum atomic E-state index is 12.6. The molecule has 4 nitrogen and oxygen atoms in total. The molecule has 3 heterocycles. The molecule has 2 aromatic rings. The van der Waals surface area contributed by atoms with E-state index >= 15 is 0 Å². The minimum atomic E-state index is -0.389. The summed E-state index contributed by atoms with van der Waals surface area (Å²) in [7, 11) is 0. The van der Waals surface area contributed by atoms with Crippen molar-refractivity contribution in [3.05, 3.63) is 35.6 Å². The first-order chi connectivity index (χ1) is 10.2. The molecule has 0 radical (unpaired) electrons. The van der Waals surface area contributed by atoms with Crippen molar-refractivity contribution in [2.24, 2.45) is 0 Å². The number of ether oxygens (including phenoxy) is 1. The van der Waals surface area contributed by atoms with Crippen molar-refractivity contribution >= 4 is 16.8 Å². The van der Waals surface area contributed by atoms with Gasteiger partial charge in [0.1, 0.15) is 11.7 Å². The van der Waals surface area contributed by atoms with Crippen LogP contribution in [0.3, 0.4) is 0 Å². The van der Waals surface area contributed by atoms with Gasteiger partial charge in [0.15, 0.2) is 5.76 Å². The van der Waals surface area contributed by atoms with Gasteiger partial charge in [-0.15, -0.1) is 0 Å². The summed E-state index contributed by atoms with van der Waals surface area (Å²) in [4.78, 5) is 15.0. The van der Waals surface area contributed by atoms with Gasteiger partial charge < -0.3 is 9.15 Å². The van der Waals surface area contributed by atoms with E-state index in [4.69, 9.17) is 9.15 Å². The molecule has 110 valence electrons. The van der Waals surface area contributed by atoms with Gasteiger partial charge in [-0.25, -0.2) is 0 Å².